The van der Waals surface area contributed by atoms with E-state index in [1.54, 1.807) is 6.92 Å². The smallest absolute Gasteiger partial charge is 0.243 e. The fourth-order valence-corrected chi connectivity index (χ4v) is 0.535. The Bertz CT molecular complexity index is 102. The average molecular weight is 220 g/mol. The third kappa shape index (κ3) is 2.33. The van der Waals surface area contributed by atoms with Crippen LogP contribution in [-0.2, 0) is 4.79 Å². The lowest BCUT2D eigenvalue weighted by Crippen LogP contribution is -2.25. The van der Waals surface area contributed by atoms with Gasteiger partial charge in [0.15, 0.2) is 0 Å². The molecule has 0 bridgehead atoms. The van der Waals surface area contributed by atoms with Gasteiger partial charge in [0.25, 0.3) is 0 Å². The van der Waals surface area contributed by atoms with Crippen LogP contribution in [0, 0.1) is 0 Å². The number of alkyl halides is 2. The molecule has 0 spiro atoms. The van der Waals surface area contributed by atoms with Gasteiger partial charge in [0.1, 0.15) is 4.87 Å². The summed E-state index contributed by atoms with van der Waals surface area (Å²) in [4.78, 5) is 9.36. The van der Waals surface area contributed by atoms with Crippen LogP contribution in [0.1, 0.15) is 6.92 Å². The maximum absolute atomic E-state index is 10.3. The standard InChI is InChI=1S/C4H5BrCl2O/c1-4(7,2-5)3(6)8/h2H2,1H3/t4-/m0/s1. The van der Waals surface area contributed by atoms with Crippen molar-refractivity contribution in [1.29, 1.82) is 0 Å². The van der Waals surface area contributed by atoms with E-state index in [2.05, 4.69) is 15.9 Å². The lowest BCUT2D eigenvalue weighted by molar-refractivity contribution is -0.113. The van der Waals surface area contributed by atoms with Crippen LogP contribution in [0.2, 0.25) is 0 Å². The Hall–Kier alpha value is 0.730. The second-order valence-electron chi connectivity index (χ2n) is 1.60. The summed E-state index contributed by atoms with van der Waals surface area (Å²) in [7, 11) is 0. The zero-order valence-corrected chi connectivity index (χ0v) is 7.35. The maximum atomic E-state index is 10.3. The Morgan fingerprint density at radius 2 is 2.25 bits per heavy atom. The topological polar surface area (TPSA) is 17.1 Å². The highest BCUT2D eigenvalue weighted by Crippen LogP contribution is 2.19. The first-order valence-corrected chi connectivity index (χ1v) is 3.83. The Morgan fingerprint density at radius 1 is 1.88 bits per heavy atom. The fraction of sp³-hybridized carbons (Fsp3) is 0.750. The molecule has 4 heteroatoms. The van der Waals surface area contributed by atoms with Gasteiger partial charge in [-0.25, -0.2) is 0 Å². The lowest BCUT2D eigenvalue weighted by atomic mass is 10.2. The molecular weight excluding hydrogens is 215 g/mol. The largest absolute Gasteiger partial charge is 0.279 e. The normalized spacial score (nSPS) is 17.5. The van der Waals surface area contributed by atoms with E-state index in [0.717, 1.165) is 0 Å². The monoisotopic (exact) mass is 218 g/mol. The molecule has 0 aliphatic rings. The second-order valence-corrected chi connectivity index (χ2v) is 3.34. The third-order valence-electron chi connectivity index (χ3n) is 0.661. The maximum Gasteiger partial charge on any atom is 0.243 e. The number of halogens is 3. The van der Waals surface area contributed by atoms with E-state index in [-0.39, 0.29) is 0 Å². The van der Waals surface area contributed by atoms with Gasteiger partial charge in [-0.15, -0.1) is 11.6 Å². The molecule has 1 atom stereocenters. The lowest BCUT2D eigenvalue weighted by Gasteiger charge is -2.10. The van der Waals surface area contributed by atoms with Crippen molar-refractivity contribution in [2.75, 3.05) is 5.33 Å². The predicted molar refractivity (Wildman–Crippen MR) is 38.9 cm³/mol. The molecule has 0 aromatic heterocycles. The summed E-state index contributed by atoms with van der Waals surface area (Å²) in [5.41, 5.74) is 0. The zero-order valence-electron chi connectivity index (χ0n) is 4.25. The molecule has 0 fully saturated rings. The van der Waals surface area contributed by atoms with Gasteiger partial charge >= 0.3 is 0 Å². The number of hydrogen-bond acceptors (Lipinski definition) is 1. The Morgan fingerprint density at radius 3 is 2.25 bits per heavy atom. The minimum absolute atomic E-state index is 0.379. The van der Waals surface area contributed by atoms with Crippen molar-refractivity contribution in [3.63, 3.8) is 0 Å². The third-order valence-corrected chi connectivity index (χ3v) is 2.92. The zero-order chi connectivity index (χ0) is 6.78. The van der Waals surface area contributed by atoms with Gasteiger partial charge in [0.2, 0.25) is 5.24 Å². The number of carbonyl (C=O) groups is 1. The second kappa shape index (κ2) is 3.04. The molecule has 0 aromatic rings. The van der Waals surface area contributed by atoms with Crippen molar-refractivity contribution in [3.05, 3.63) is 0 Å². The summed E-state index contributed by atoms with van der Waals surface area (Å²) in [5, 5.41) is -0.153. The summed E-state index contributed by atoms with van der Waals surface area (Å²) < 4.78 is 0. The molecule has 0 saturated carbocycles. The quantitative estimate of drug-likeness (QED) is 0.514. The predicted octanol–water partition coefficient (Wildman–Crippen LogP) is 2.14. The number of hydrogen-bond donors (Lipinski definition) is 0. The molecule has 1 nitrogen and oxygen atoms in total. The van der Waals surface area contributed by atoms with Crippen LogP contribution in [-0.4, -0.2) is 15.4 Å². The van der Waals surface area contributed by atoms with Crippen molar-refractivity contribution in [2.24, 2.45) is 0 Å². The summed E-state index contributed by atoms with van der Waals surface area (Å²) in [5.74, 6) is 0. The van der Waals surface area contributed by atoms with Crippen molar-refractivity contribution < 1.29 is 4.79 Å². The molecule has 0 unspecified atom stereocenters. The molecule has 0 rings (SSSR count). The molecule has 0 aromatic carbocycles. The number of rotatable bonds is 2. The summed E-state index contributed by atoms with van der Waals surface area (Å²) >= 11 is 13.6. The summed E-state index contributed by atoms with van der Waals surface area (Å²) in [6.07, 6.45) is 0. The average Bonchev–Trinajstić information content (AvgIpc) is 1.67. The highest BCUT2D eigenvalue weighted by Gasteiger charge is 2.26. The van der Waals surface area contributed by atoms with Gasteiger partial charge in [0.05, 0.1) is 0 Å². The van der Waals surface area contributed by atoms with E-state index in [0.29, 0.717) is 5.33 Å². The Labute approximate surface area is 66.5 Å². The minimum Gasteiger partial charge on any atom is -0.279 e. The highest BCUT2D eigenvalue weighted by molar-refractivity contribution is 9.09. The van der Waals surface area contributed by atoms with E-state index in [4.69, 9.17) is 23.2 Å². The van der Waals surface area contributed by atoms with Crippen LogP contribution in [0.15, 0.2) is 0 Å². The van der Waals surface area contributed by atoms with Crippen LogP contribution < -0.4 is 0 Å². The van der Waals surface area contributed by atoms with Crippen molar-refractivity contribution in [2.45, 2.75) is 11.8 Å². The first-order chi connectivity index (χ1) is 3.50. The molecule has 0 amide bonds. The molecular formula is C4H5BrCl2O. The summed E-state index contributed by atoms with van der Waals surface area (Å²) in [6, 6.07) is 0. The molecule has 0 aliphatic carbocycles. The molecule has 48 valence electrons. The molecule has 0 heterocycles. The summed E-state index contributed by atoms with van der Waals surface area (Å²) in [6.45, 7) is 1.55. The molecule has 0 radical (unpaired) electrons. The van der Waals surface area contributed by atoms with Crippen LogP contribution in [0.25, 0.3) is 0 Å². The van der Waals surface area contributed by atoms with Gasteiger partial charge in [-0.2, -0.15) is 0 Å². The van der Waals surface area contributed by atoms with Gasteiger partial charge < -0.3 is 0 Å². The van der Waals surface area contributed by atoms with Crippen molar-refractivity contribution in [1.82, 2.24) is 0 Å². The van der Waals surface area contributed by atoms with E-state index in [9.17, 15) is 4.79 Å². The van der Waals surface area contributed by atoms with Crippen LogP contribution in [0.3, 0.4) is 0 Å². The van der Waals surface area contributed by atoms with Crippen LogP contribution in [0.4, 0.5) is 0 Å². The SMILES string of the molecule is C[C@](Cl)(CBr)C(=O)Cl. The van der Waals surface area contributed by atoms with E-state index in [1.165, 1.54) is 0 Å². The highest BCUT2D eigenvalue weighted by atomic mass is 79.9. The van der Waals surface area contributed by atoms with Gasteiger partial charge in [-0.3, -0.25) is 4.79 Å². The van der Waals surface area contributed by atoms with Crippen LogP contribution >= 0.6 is 39.1 Å². The van der Waals surface area contributed by atoms with Gasteiger partial charge in [-0.1, -0.05) is 15.9 Å². The van der Waals surface area contributed by atoms with Gasteiger partial charge in [-0.05, 0) is 18.5 Å². The van der Waals surface area contributed by atoms with E-state index in [1.807, 2.05) is 0 Å². The van der Waals surface area contributed by atoms with Crippen molar-refractivity contribution >= 4 is 44.4 Å². The Balaban J connectivity index is 3.91. The molecule has 8 heavy (non-hydrogen) atoms. The van der Waals surface area contributed by atoms with E-state index >= 15 is 0 Å². The van der Waals surface area contributed by atoms with Crippen molar-refractivity contribution in [3.8, 4) is 0 Å². The first-order valence-electron chi connectivity index (χ1n) is 1.95. The van der Waals surface area contributed by atoms with E-state index < -0.39 is 10.1 Å². The van der Waals surface area contributed by atoms with Gasteiger partial charge in [0, 0.05) is 5.33 Å². The van der Waals surface area contributed by atoms with Crippen LogP contribution in [0.5, 0.6) is 0 Å². The Kier molecular flexibility index (Phi) is 3.32. The molecule has 0 aliphatic heterocycles. The molecule has 0 N–H and O–H groups in total. The number of carbonyl (C=O) groups excluding carboxylic acids is 1. The molecule has 0 saturated heterocycles. The first kappa shape index (κ1) is 8.73. The minimum atomic E-state index is -0.943. The fourth-order valence-electron chi connectivity index (χ4n) is 0.0525.